The summed E-state index contributed by atoms with van der Waals surface area (Å²) < 4.78 is 0. The molecular formula is C14H17N3. The minimum absolute atomic E-state index is 0.115. The first kappa shape index (κ1) is 9.85. The molecule has 17 heavy (non-hydrogen) atoms. The van der Waals surface area contributed by atoms with Crippen molar-refractivity contribution in [1.29, 1.82) is 5.26 Å². The maximum atomic E-state index is 8.61. The molecule has 2 N–H and O–H groups in total. The molecule has 0 saturated heterocycles. The number of hydrogen-bond donors (Lipinski definition) is 1. The van der Waals surface area contributed by atoms with Gasteiger partial charge in [-0.2, -0.15) is 5.26 Å². The van der Waals surface area contributed by atoms with Crippen LogP contribution in [0.4, 0.5) is 0 Å². The topological polar surface area (TPSA) is 62.2 Å². The Kier molecular flexibility index (Phi) is 1.63. The number of aliphatic imine (C=N–C) groups is 1. The van der Waals surface area contributed by atoms with E-state index < -0.39 is 0 Å². The van der Waals surface area contributed by atoms with Gasteiger partial charge in [-0.3, -0.25) is 4.99 Å². The molecule has 5 rings (SSSR count). The summed E-state index contributed by atoms with van der Waals surface area (Å²) >= 11 is 0. The molecule has 88 valence electrons. The molecule has 3 heteroatoms. The highest BCUT2D eigenvalue weighted by Gasteiger charge is 2.67. The van der Waals surface area contributed by atoms with Crippen LogP contribution in [-0.2, 0) is 0 Å². The number of allylic oxidation sites excluding steroid dienone is 1. The number of rotatable bonds is 1. The minimum atomic E-state index is 0.115. The van der Waals surface area contributed by atoms with Crippen LogP contribution in [0.2, 0.25) is 0 Å². The summed E-state index contributed by atoms with van der Waals surface area (Å²) in [5.74, 6) is 2.18. The zero-order chi connectivity index (χ0) is 11.7. The van der Waals surface area contributed by atoms with Gasteiger partial charge in [0, 0.05) is 11.6 Å². The molecule has 4 saturated carbocycles. The van der Waals surface area contributed by atoms with E-state index in [0.717, 1.165) is 18.8 Å². The molecule has 3 unspecified atom stereocenters. The molecule has 0 radical (unpaired) electrons. The molecule has 3 nitrogen and oxygen atoms in total. The number of nitrogens with two attached hydrogens (primary N) is 1. The van der Waals surface area contributed by atoms with E-state index in [9.17, 15) is 0 Å². The van der Waals surface area contributed by atoms with Gasteiger partial charge in [-0.25, -0.2) is 0 Å². The highest BCUT2D eigenvalue weighted by atomic mass is 15.1. The lowest BCUT2D eigenvalue weighted by molar-refractivity contribution is -0.0250. The maximum Gasteiger partial charge on any atom is 0.108 e. The van der Waals surface area contributed by atoms with Crippen molar-refractivity contribution in [2.45, 2.75) is 43.2 Å². The monoisotopic (exact) mass is 227 g/mol. The van der Waals surface area contributed by atoms with Gasteiger partial charge >= 0.3 is 0 Å². The first-order valence-electron chi connectivity index (χ1n) is 6.62. The lowest BCUT2D eigenvalue weighted by Crippen LogP contribution is -2.63. The third kappa shape index (κ3) is 1.12. The quantitative estimate of drug-likeness (QED) is 0.694. The van der Waals surface area contributed by atoms with Gasteiger partial charge < -0.3 is 5.73 Å². The molecule has 1 spiro atoms. The van der Waals surface area contributed by atoms with Crippen molar-refractivity contribution in [3.8, 4) is 6.07 Å². The molecule has 0 aromatic heterocycles. The first-order chi connectivity index (χ1) is 8.16. The minimum Gasteiger partial charge on any atom is -0.325 e. The summed E-state index contributed by atoms with van der Waals surface area (Å²) in [5.41, 5.74) is 7.90. The van der Waals surface area contributed by atoms with Crippen LogP contribution < -0.4 is 5.73 Å². The fraction of sp³-hybridized carbons (Fsp3) is 0.714. The molecule has 4 aliphatic carbocycles. The highest BCUT2D eigenvalue weighted by Crippen LogP contribution is 2.64. The molecule has 1 aliphatic heterocycles. The third-order valence-electron chi connectivity index (χ3n) is 5.46. The number of nitriles is 1. The summed E-state index contributed by atoms with van der Waals surface area (Å²) in [4.78, 5) is 4.78. The van der Waals surface area contributed by atoms with Crippen LogP contribution in [-0.4, -0.2) is 16.8 Å². The second kappa shape index (κ2) is 2.81. The molecule has 5 aliphatic rings. The SMILES string of the molecule is N#C/C=C/C1=NC12[C@@H]1CC3C[C@H]2CC(N)(C3)C1. The van der Waals surface area contributed by atoms with Gasteiger partial charge in [-0.05, 0) is 55.9 Å². The van der Waals surface area contributed by atoms with Crippen molar-refractivity contribution in [2.24, 2.45) is 28.5 Å². The average Bonchev–Trinajstić information content (AvgIpc) is 2.97. The molecule has 5 atom stereocenters. The van der Waals surface area contributed by atoms with Gasteiger partial charge in [-0.1, -0.05) is 0 Å². The first-order valence-corrected chi connectivity index (χ1v) is 6.62. The molecule has 0 amide bonds. The Labute approximate surface area is 101 Å². The summed E-state index contributed by atoms with van der Waals surface area (Å²) in [6, 6.07) is 2.07. The Hall–Kier alpha value is -1.14. The fourth-order valence-electron chi connectivity index (χ4n) is 5.10. The van der Waals surface area contributed by atoms with Crippen molar-refractivity contribution >= 4 is 5.71 Å². The standard InChI is InChI=1S/C14H17N3/c15-3-1-2-12-14(17-12)10-4-9-5-11(14)8-13(16,6-9)7-10/h1-2,9-11H,4-8,16H2/b2-1+/t9?,10-,11+,13?,14?. The van der Waals surface area contributed by atoms with Gasteiger partial charge in [0.25, 0.3) is 0 Å². The van der Waals surface area contributed by atoms with Gasteiger partial charge in [0.15, 0.2) is 0 Å². The predicted molar refractivity (Wildman–Crippen MR) is 65.4 cm³/mol. The van der Waals surface area contributed by atoms with E-state index in [4.69, 9.17) is 16.0 Å². The average molecular weight is 227 g/mol. The lowest BCUT2D eigenvalue weighted by atomic mass is 9.47. The molecule has 4 bridgehead atoms. The Morgan fingerprint density at radius 2 is 2.00 bits per heavy atom. The number of nitrogens with zero attached hydrogens (tertiary/aromatic N) is 2. The Morgan fingerprint density at radius 1 is 1.29 bits per heavy atom. The van der Waals surface area contributed by atoms with Crippen LogP contribution in [0.15, 0.2) is 17.1 Å². The second-order valence-corrected chi connectivity index (χ2v) is 6.49. The normalized spacial score (nSPS) is 54.1. The maximum absolute atomic E-state index is 8.61. The van der Waals surface area contributed by atoms with Crippen LogP contribution in [0.1, 0.15) is 32.1 Å². The van der Waals surface area contributed by atoms with Crippen molar-refractivity contribution in [3.05, 3.63) is 12.2 Å². The second-order valence-electron chi connectivity index (χ2n) is 6.49. The molecule has 1 heterocycles. The van der Waals surface area contributed by atoms with Crippen molar-refractivity contribution < 1.29 is 0 Å². The van der Waals surface area contributed by atoms with Gasteiger partial charge in [0.1, 0.15) is 5.54 Å². The van der Waals surface area contributed by atoms with E-state index >= 15 is 0 Å². The van der Waals surface area contributed by atoms with Gasteiger partial charge in [0.2, 0.25) is 0 Å². The Morgan fingerprint density at radius 3 is 2.59 bits per heavy atom. The van der Waals surface area contributed by atoms with E-state index in [1.165, 1.54) is 25.0 Å². The lowest BCUT2D eigenvalue weighted by Gasteiger charge is -2.58. The van der Waals surface area contributed by atoms with Crippen LogP contribution in [0, 0.1) is 29.1 Å². The van der Waals surface area contributed by atoms with E-state index in [0.29, 0.717) is 11.8 Å². The fourth-order valence-corrected chi connectivity index (χ4v) is 5.10. The summed E-state index contributed by atoms with van der Waals surface area (Å²) in [6.45, 7) is 0. The molecule has 0 aromatic rings. The molecule has 4 fully saturated rings. The van der Waals surface area contributed by atoms with Gasteiger partial charge in [-0.15, -0.1) is 0 Å². The summed E-state index contributed by atoms with van der Waals surface area (Å²) in [5, 5.41) is 8.61. The van der Waals surface area contributed by atoms with E-state index in [-0.39, 0.29) is 11.1 Å². The van der Waals surface area contributed by atoms with Crippen LogP contribution in [0.3, 0.4) is 0 Å². The van der Waals surface area contributed by atoms with E-state index in [2.05, 4.69) is 6.07 Å². The Balaban J connectivity index is 1.65. The van der Waals surface area contributed by atoms with E-state index in [1.807, 2.05) is 6.08 Å². The molecular weight excluding hydrogens is 210 g/mol. The van der Waals surface area contributed by atoms with Crippen LogP contribution in [0.5, 0.6) is 0 Å². The van der Waals surface area contributed by atoms with E-state index in [1.54, 1.807) is 6.08 Å². The summed E-state index contributed by atoms with van der Waals surface area (Å²) in [7, 11) is 0. The van der Waals surface area contributed by atoms with Crippen LogP contribution in [0.25, 0.3) is 0 Å². The number of hydrogen-bond acceptors (Lipinski definition) is 3. The summed E-state index contributed by atoms with van der Waals surface area (Å²) in [6.07, 6.45) is 9.63. The Bertz CT molecular complexity index is 466. The van der Waals surface area contributed by atoms with Crippen LogP contribution >= 0.6 is 0 Å². The van der Waals surface area contributed by atoms with Crippen molar-refractivity contribution in [1.82, 2.24) is 0 Å². The van der Waals surface area contributed by atoms with Gasteiger partial charge in [0.05, 0.1) is 11.8 Å². The highest BCUT2D eigenvalue weighted by molar-refractivity contribution is 6.14. The smallest absolute Gasteiger partial charge is 0.108 e. The zero-order valence-corrected chi connectivity index (χ0v) is 9.89. The van der Waals surface area contributed by atoms with Crippen molar-refractivity contribution in [3.63, 3.8) is 0 Å². The van der Waals surface area contributed by atoms with Crippen molar-refractivity contribution in [2.75, 3.05) is 0 Å². The largest absolute Gasteiger partial charge is 0.325 e. The third-order valence-corrected chi connectivity index (χ3v) is 5.46. The zero-order valence-electron chi connectivity index (χ0n) is 9.89. The predicted octanol–water partition coefficient (Wildman–Crippen LogP) is 1.80. The molecule has 0 aromatic carbocycles.